The number of pyridine rings is 2. The number of esters is 2. The average Bonchev–Trinajstić information content (AvgIpc) is 3.42. The summed E-state index contributed by atoms with van der Waals surface area (Å²) in [6.07, 6.45) is -0.435. The van der Waals surface area contributed by atoms with Crippen molar-refractivity contribution < 1.29 is 28.5 Å². The molecule has 0 radical (unpaired) electrons. The van der Waals surface area contributed by atoms with Gasteiger partial charge in [-0.3, -0.25) is 9.59 Å². The molecule has 0 spiro atoms. The number of nitrogens with zero attached hydrogens (tertiary/aromatic N) is 1. The molecule has 1 N–H and O–H groups in total. The topological polar surface area (TPSA) is 126 Å². The summed E-state index contributed by atoms with van der Waals surface area (Å²) in [5.74, 6) is -0.841. The molecule has 2 aromatic heterocycles. The number of H-pyrrole nitrogens is 1. The zero-order valence-electron chi connectivity index (χ0n) is 19.7. The minimum absolute atomic E-state index is 0.163. The van der Waals surface area contributed by atoms with Crippen molar-refractivity contribution in [1.82, 2.24) is 9.55 Å². The Bertz CT molecular complexity index is 1530. The first kappa shape index (κ1) is 24.8. The van der Waals surface area contributed by atoms with Crippen LogP contribution in [0.1, 0.15) is 20.7 Å². The van der Waals surface area contributed by atoms with Gasteiger partial charge < -0.3 is 28.5 Å². The van der Waals surface area contributed by atoms with E-state index in [0.29, 0.717) is 52.7 Å². The predicted octanol–water partition coefficient (Wildman–Crippen LogP) is 2.48. The molecule has 3 heterocycles. The fourth-order valence-electron chi connectivity index (χ4n) is 3.94. The van der Waals surface area contributed by atoms with Gasteiger partial charge >= 0.3 is 11.9 Å². The number of carbonyl (C=O) groups is 2. The molecule has 0 amide bonds. The zero-order valence-corrected chi connectivity index (χ0v) is 19.7. The van der Waals surface area contributed by atoms with Crippen molar-refractivity contribution >= 4 is 33.7 Å². The number of ether oxygens (including phenoxy) is 4. The highest BCUT2D eigenvalue weighted by Gasteiger charge is 2.19. The minimum atomic E-state index is -0.435. The van der Waals surface area contributed by atoms with Crippen LogP contribution in [0.15, 0.2) is 70.3 Å². The van der Waals surface area contributed by atoms with Gasteiger partial charge in [0.2, 0.25) is 5.56 Å². The third kappa shape index (κ3) is 5.19. The van der Waals surface area contributed by atoms with Gasteiger partial charge in [-0.2, -0.15) is 0 Å². The molecule has 4 aromatic rings. The molecule has 0 saturated carbocycles. The zero-order chi connectivity index (χ0) is 25.7. The largest absolute Gasteiger partial charge is 0.465 e. The van der Waals surface area contributed by atoms with Gasteiger partial charge in [0.15, 0.2) is 6.29 Å². The number of aromatic nitrogens is 2. The molecular weight excluding hydrogens is 468 g/mol. The number of rotatable bonds is 4. The van der Waals surface area contributed by atoms with Crippen molar-refractivity contribution in [2.45, 2.75) is 12.8 Å². The van der Waals surface area contributed by atoms with Crippen molar-refractivity contribution in [1.29, 1.82) is 0 Å². The van der Waals surface area contributed by atoms with Crippen LogP contribution in [0.4, 0.5) is 0 Å². The number of methoxy groups -OCH3 is 2. The fraction of sp³-hybridized carbons (Fsp3) is 0.231. The lowest BCUT2D eigenvalue weighted by Gasteiger charge is -2.15. The van der Waals surface area contributed by atoms with Crippen LogP contribution in [0, 0.1) is 0 Å². The lowest BCUT2D eigenvalue weighted by molar-refractivity contribution is -0.0522. The molecule has 1 fully saturated rings. The molecule has 0 atom stereocenters. The Morgan fingerprint density at radius 3 is 2.14 bits per heavy atom. The van der Waals surface area contributed by atoms with E-state index in [4.69, 9.17) is 14.2 Å². The second-order valence-corrected chi connectivity index (χ2v) is 7.76. The lowest BCUT2D eigenvalue weighted by Crippen LogP contribution is -2.27. The molecule has 10 nitrogen and oxygen atoms in total. The van der Waals surface area contributed by atoms with Gasteiger partial charge in [-0.05, 0) is 36.4 Å². The second-order valence-electron chi connectivity index (χ2n) is 7.76. The molecule has 10 heteroatoms. The summed E-state index contributed by atoms with van der Waals surface area (Å²) in [5.41, 5.74) is 1.81. The Morgan fingerprint density at radius 2 is 1.47 bits per heavy atom. The van der Waals surface area contributed by atoms with Crippen molar-refractivity contribution in [2.24, 2.45) is 0 Å². The van der Waals surface area contributed by atoms with E-state index in [9.17, 15) is 19.2 Å². The number of fused-ring (bicyclic) bond motifs is 2. The molecule has 1 aliphatic heterocycles. The third-order valence-corrected chi connectivity index (χ3v) is 5.63. The summed E-state index contributed by atoms with van der Waals surface area (Å²) in [7, 11) is 2.66. The number of benzene rings is 2. The third-order valence-electron chi connectivity index (χ3n) is 5.63. The van der Waals surface area contributed by atoms with E-state index < -0.39 is 18.2 Å². The normalized spacial score (nSPS) is 13.3. The molecule has 1 saturated heterocycles. The summed E-state index contributed by atoms with van der Waals surface area (Å²) in [5, 5.41) is 1.35. The van der Waals surface area contributed by atoms with E-state index in [1.807, 2.05) is 0 Å². The molecule has 0 aliphatic carbocycles. The first-order chi connectivity index (χ1) is 17.4. The maximum absolute atomic E-state index is 12.1. The Kier molecular flexibility index (Phi) is 7.57. The van der Waals surface area contributed by atoms with Gasteiger partial charge in [0.1, 0.15) is 0 Å². The van der Waals surface area contributed by atoms with Crippen LogP contribution in [0.25, 0.3) is 21.8 Å². The Morgan fingerprint density at radius 1 is 0.861 bits per heavy atom. The smallest absolute Gasteiger partial charge is 0.338 e. The molecule has 5 rings (SSSR count). The lowest BCUT2D eigenvalue weighted by atomic mass is 10.1. The first-order valence-electron chi connectivity index (χ1n) is 11.1. The van der Waals surface area contributed by atoms with Crippen LogP contribution >= 0.6 is 0 Å². The number of carbonyl (C=O) groups excluding carboxylic acids is 2. The number of hydrogen-bond acceptors (Lipinski definition) is 8. The average molecular weight is 492 g/mol. The van der Waals surface area contributed by atoms with Gasteiger partial charge in [0.05, 0.1) is 50.6 Å². The van der Waals surface area contributed by atoms with Gasteiger partial charge in [-0.15, -0.1) is 0 Å². The van der Waals surface area contributed by atoms with Crippen LogP contribution in [-0.4, -0.2) is 55.2 Å². The number of hydrogen-bond donors (Lipinski definition) is 1. The molecule has 186 valence electrons. The van der Waals surface area contributed by atoms with E-state index in [2.05, 4.69) is 9.72 Å². The van der Waals surface area contributed by atoms with E-state index in [0.717, 1.165) is 0 Å². The highest BCUT2D eigenvalue weighted by Crippen LogP contribution is 2.19. The number of nitrogens with one attached hydrogen (secondary N) is 1. The molecule has 0 unspecified atom stereocenters. The molecule has 2 aromatic carbocycles. The Labute approximate surface area is 205 Å². The fourth-order valence-corrected chi connectivity index (χ4v) is 3.94. The summed E-state index contributed by atoms with van der Waals surface area (Å²) >= 11 is 0. The van der Waals surface area contributed by atoms with Crippen LogP contribution < -0.4 is 11.1 Å². The standard InChI is InChI=1S/C15H15NO5.C11H9NO3/c1-19-15(18)11-3-2-4-12-10(11)5-6-13(17)16(12)9-14-20-7-8-21-14;1-15-11(14)8-3-2-4-9-7(8)5-6-10(13)12-9/h2-6,14H,7-9H2,1H3;2-6H,1H3,(H,12,13). The van der Waals surface area contributed by atoms with Crippen LogP contribution in [0.2, 0.25) is 0 Å². The van der Waals surface area contributed by atoms with E-state index in [1.54, 1.807) is 53.1 Å². The highest BCUT2D eigenvalue weighted by molar-refractivity contribution is 6.04. The quantitative estimate of drug-likeness (QED) is 0.431. The SMILES string of the molecule is COC(=O)c1cccc2[nH]c(=O)ccc12.COC(=O)c1cccc2c1ccc(=O)n2CC1OCCO1. The number of aromatic amines is 1. The maximum Gasteiger partial charge on any atom is 0.338 e. The van der Waals surface area contributed by atoms with Crippen LogP contribution in [0.3, 0.4) is 0 Å². The predicted molar refractivity (Wildman–Crippen MR) is 131 cm³/mol. The molecule has 1 aliphatic rings. The summed E-state index contributed by atoms with van der Waals surface area (Å²) in [4.78, 5) is 49.0. The summed E-state index contributed by atoms with van der Waals surface area (Å²) < 4.78 is 21.7. The van der Waals surface area contributed by atoms with Gasteiger partial charge in [-0.25, -0.2) is 9.59 Å². The van der Waals surface area contributed by atoms with Crippen molar-refractivity contribution in [3.8, 4) is 0 Å². The van der Waals surface area contributed by atoms with Crippen molar-refractivity contribution in [3.05, 3.63) is 92.5 Å². The monoisotopic (exact) mass is 492 g/mol. The molecule has 36 heavy (non-hydrogen) atoms. The summed E-state index contributed by atoms with van der Waals surface area (Å²) in [6, 6.07) is 16.3. The minimum Gasteiger partial charge on any atom is -0.465 e. The molecular formula is C26H24N2O8. The van der Waals surface area contributed by atoms with Gasteiger partial charge in [0.25, 0.3) is 5.56 Å². The molecule has 0 bridgehead atoms. The van der Waals surface area contributed by atoms with E-state index in [1.165, 1.54) is 26.4 Å². The Balaban J connectivity index is 0.000000179. The first-order valence-corrected chi connectivity index (χ1v) is 11.1. The highest BCUT2D eigenvalue weighted by atomic mass is 16.7. The van der Waals surface area contributed by atoms with Gasteiger partial charge in [0, 0.05) is 28.4 Å². The van der Waals surface area contributed by atoms with Crippen LogP contribution in [-0.2, 0) is 25.5 Å². The van der Waals surface area contributed by atoms with Crippen molar-refractivity contribution in [2.75, 3.05) is 27.4 Å². The van der Waals surface area contributed by atoms with Crippen molar-refractivity contribution in [3.63, 3.8) is 0 Å². The van der Waals surface area contributed by atoms with E-state index in [-0.39, 0.29) is 11.1 Å². The second kappa shape index (κ2) is 11.0. The maximum atomic E-state index is 12.1. The Hall–Kier alpha value is -4.28. The van der Waals surface area contributed by atoms with Crippen LogP contribution in [0.5, 0.6) is 0 Å². The summed E-state index contributed by atoms with van der Waals surface area (Å²) in [6.45, 7) is 1.34. The van der Waals surface area contributed by atoms with E-state index >= 15 is 0 Å². The van der Waals surface area contributed by atoms with Gasteiger partial charge in [-0.1, -0.05) is 12.1 Å².